The molecule has 2 aromatic heterocycles. The van der Waals surface area contributed by atoms with Gasteiger partial charge in [-0.25, -0.2) is 9.97 Å². The molecule has 6 heteroatoms. The van der Waals surface area contributed by atoms with E-state index >= 15 is 0 Å². The Hall–Kier alpha value is -3.02. The highest BCUT2D eigenvalue weighted by Crippen LogP contribution is 2.19. The lowest BCUT2D eigenvalue weighted by Gasteiger charge is -2.18. The Kier molecular flexibility index (Phi) is 4.94. The van der Waals surface area contributed by atoms with Crippen LogP contribution in [0.3, 0.4) is 0 Å². The number of rotatable bonds is 2. The molecule has 6 nitrogen and oxygen atoms in total. The van der Waals surface area contributed by atoms with Crippen molar-refractivity contribution in [2.45, 2.75) is 45.6 Å². The zero-order valence-electron chi connectivity index (χ0n) is 16.3. The number of aryl methyl sites for hydroxylation is 2. The Morgan fingerprint density at radius 1 is 1.07 bits per heavy atom. The quantitative estimate of drug-likeness (QED) is 0.687. The molecule has 1 aromatic carbocycles. The zero-order valence-corrected chi connectivity index (χ0v) is 16.3. The first-order chi connectivity index (χ1) is 13.5. The number of carbonyl (C=O) groups is 1. The van der Waals surface area contributed by atoms with Gasteiger partial charge in [-0.05, 0) is 50.1 Å². The van der Waals surface area contributed by atoms with E-state index in [1.54, 1.807) is 31.3 Å². The van der Waals surface area contributed by atoms with E-state index in [1.165, 1.54) is 11.3 Å². The average Bonchev–Trinajstić information content (AvgIpc) is 2.68. The second-order valence-corrected chi connectivity index (χ2v) is 7.38. The van der Waals surface area contributed by atoms with Gasteiger partial charge in [-0.3, -0.25) is 19.1 Å². The molecule has 0 aliphatic carbocycles. The van der Waals surface area contributed by atoms with Crippen LogP contribution in [0.15, 0.2) is 41.2 Å². The average molecular weight is 376 g/mol. The first-order valence-corrected chi connectivity index (χ1v) is 9.80. The van der Waals surface area contributed by atoms with Gasteiger partial charge in [0.2, 0.25) is 0 Å². The van der Waals surface area contributed by atoms with E-state index in [1.807, 2.05) is 23.6 Å². The van der Waals surface area contributed by atoms with Gasteiger partial charge in [0.25, 0.3) is 11.5 Å². The zero-order chi connectivity index (χ0) is 19.7. The lowest BCUT2D eigenvalue weighted by Crippen LogP contribution is -2.28. The van der Waals surface area contributed by atoms with Crippen LogP contribution in [0.4, 0.5) is 5.82 Å². The second-order valence-electron chi connectivity index (χ2n) is 7.38. The molecule has 4 rings (SSSR count). The van der Waals surface area contributed by atoms with Crippen molar-refractivity contribution in [3.63, 3.8) is 0 Å². The van der Waals surface area contributed by atoms with Gasteiger partial charge in [-0.15, -0.1) is 0 Å². The fourth-order valence-electron chi connectivity index (χ4n) is 3.74. The summed E-state index contributed by atoms with van der Waals surface area (Å²) in [5, 5.41) is 0.567. The molecule has 0 saturated heterocycles. The molecule has 0 atom stereocenters. The summed E-state index contributed by atoms with van der Waals surface area (Å²) in [6.07, 6.45) is 5.16. The summed E-state index contributed by atoms with van der Waals surface area (Å²) < 4.78 is 1.81. The number of fused-ring (bicyclic) bond motifs is 2. The molecule has 28 heavy (non-hydrogen) atoms. The summed E-state index contributed by atoms with van der Waals surface area (Å²) in [5.74, 6) is 1.25. The van der Waals surface area contributed by atoms with Crippen LogP contribution in [-0.4, -0.2) is 27.5 Å². The fraction of sp³-hybridized carbons (Fsp3) is 0.364. The predicted octanol–water partition coefficient (Wildman–Crippen LogP) is 3.49. The smallest absolute Gasteiger partial charge is 0.261 e. The molecule has 3 aromatic rings. The van der Waals surface area contributed by atoms with Gasteiger partial charge < -0.3 is 0 Å². The van der Waals surface area contributed by atoms with Gasteiger partial charge in [-0.1, -0.05) is 18.9 Å². The lowest BCUT2D eigenvalue weighted by atomic mass is 10.1. The number of aromatic nitrogens is 3. The maximum atomic E-state index is 12.9. The molecule has 0 saturated carbocycles. The Bertz CT molecular complexity index is 1100. The van der Waals surface area contributed by atoms with E-state index < -0.39 is 0 Å². The highest BCUT2D eigenvalue weighted by molar-refractivity contribution is 6.06. The standard InChI is InChI=1S/C22H24N4O2/c1-15-8-7-10-19(23-15)25(2)21(27)16-11-12-17-18(14-16)24-20-9-5-3-4-6-13-26(20)22(17)28/h7-8,10-12,14H,3-6,9,13H2,1-2H3. The lowest BCUT2D eigenvalue weighted by molar-refractivity contribution is 0.0992. The largest absolute Gasteiger partial charge is 0.296 e. The van der Waals surface area contributed by atoms with Gasteiger partial charge in [0.15, 0.2) is 0 Å². The molecule has 3 heterocycles. The number of carbonyl (C=O) groups excluding carboxylic acids is 1. The van der Waals surface area contributed by atoms with Crippen LogP contribution in [0.25, 0.3) is 10.9 Å². The van der Waals surface area contributed by atoms with E-state index in [2.05, 4.69) is 4.98 Å². The summed E-state index contributed by atoms with van der Waals surface area (Å²) in [6.45, 7) is 2.61. The molecular weight excluding hydrogens is 352 g/mol. The van der Waals surface area contributed by atoms with Gasteiger partial charge >= 0.3 is 0 Å². The Balaban J connectivity index is 1.74. The molecule has 0 radical (unpaired) electrons. The van der Waals surface area contributed by atoms with Crippen LogP contribution in [0.1, 0.15) is 47.6 Å². The molecule has 1 amide bonds. The first kappa shape index (κ1) is 18.3. The third kappa shape index (κ3) is 3.42. The third-order valence-corrected chi connectivity index (χ3v) is 5.34. The van der Waals surface area contributed by atoms with Crippen LogP contribution in [0.2, 0.25) is 0 Å². The number of pyridine rings is 1. The summed E-state index contributed by atoms with van der Waals surface area (Å²) in [5.41, 5.74) is 1.94. The van der Waals surface area contributed by atoms with E-state index in [4.69, 9.17) is 4.98 Å². The Morgan fingerprint density at radius 2 is 1.89 bits per heavy atom. The van der Waals surface area contributed by atoms with Crippen molar-refractivity contribution in [2.75, 3.05) is 11.9 Å². The van der Waals surface area contributed by atoms with Gasteiger partial charge in [0, 0.05) is 31.3 Å². The maximum Gasteiger partial charge on any atom is 0.261 e. The maximum absolute atomic E-state index is 12.9. The Morgan fingerprint density at radius 3 is 2.71 bits per heavy atom. The molecule has 1 aliphatic rings. The number of anilines is 1. The summed E-state index contributed by atoms with van der Waals surface area (Å²) >= 11 is 0. The minimum absolute atomic E-state index is 0.00500. The van der Waals surface area contributed by atoms with E-state index in [0.717, 1.165) is 43.7 Å². The summed E-state index contributed by atoms with van der Waals surface area (Å²) in [4.78, 5) is 36.6. The number of benzene rings is 1. The first-order valence-electron chi connectivity index (χ1n) is 9.80. The van der Waals surface area contributed by atoms with Crippen molar-refractivity contribution in [3.05, 3.63) is 63.8 Å². The van der Waals surface area contributed by atoms with E-state index in [9.17, 15) is 9.59 Å². The minimum atomic E-state index is -0.173. The van der Waals surface area contributed by atoms with Gasteiger partial charge in [-0.2, -0.15) is 0 Å². The number of hydrogen-bond donors (Lipinski definition) is 0. The van der Waals surface area contributed by atoms with Crippen molar-refractivity contribution in [1.29, 1.82) is 0 Å². The van der Waals surface area contributed by atoms with Crippen LogP contribution >= 0.6 is 0 Å². The van der Waals surface area contributed by atoms with Crippen LogP contribution in [-0.2, 0) is 13.0 Å². The number of nitrogens with zero attached hydrogens (tertiary/aromatic N) is 4. The summed E-state index contributed by atoms with van der Waals surface area (Å²) in [6, 6.07) is 10.7. The van der Waals surface area contributed by atoms with Crippen molar-refractivity contribution < 1.29 is 4.79 Å². The molecule has 0 fully saturated rings. The van der Waals surface area contributed by atoms with E-state index in [0.29, 0.717) is 22.3 Å². The van der Waals surface area contributed by atoms with Crippen LogP contribution in [0.5, 0.6) is 0 Å². The van der Waals surface area contributed by atoms with Crippen molar-refractivity contribution in [3.8, 4) is 0 Å². The van der Waals surface area contributed by atoms with Crippen molar-refractivity contribution in [1.82, 2.24) is 14.5 Å². The monoisotopic (exact) mass is 376 g/mol. The van der Waals surface area contributed by atoms with Crippen molar-refractivity contribution in [2.24, 2.45) is 0 Å². The SMILES string of the molecule is Cc1cccc(N(C)C(=O)c2ccc3c(=O)n4c(nc3c2)CCCCCC4)n1. The number of amides is 1. The second kappa shape index (κ2) is 7.54. The molecule has 144 valence electrons. The highest BCUT2D eigenvalue weighted by atomic mass is 16.2. The fourth-order valence-corrected chi connectivity index (χ4v) is 3.74. The predicted molar refractivity (Wildman–Crippen MR) is 110 cm³/mol. The molecule has 1 aliphatic heterocycles. The molecule has 0 spiro atoms. The minimum Gasteiger partial charge on any atom is -0.296 e. The molecule has 0 unspecified atom stereocenters. The topological polar surface area (TPSA) is 68.1 Å². The Labute approximate surface area is 163 Å². The summed E-state index contributed by atoms with van der Waals surface area (Å²) in [7, 11) is 1.71. The normalized spacial score (nSPS) is 14.2. The van der Waals surface area contributed by atoms with Crippen LogP contribution in [0, 0.1) is 6.92 Å². The van der Waals surface area contributed by atoms with Gasteiger partial charge in [0.05, 0.1) is 10.9 Å². The van der Waals surface area contributed by atoms with Crippen LogP contribution < -0.4 is 10.5 Å². The third-order valence-electron chi connectivity index (χ3n) is 5.34. The van der Waals surface area contributed by atoms with Gasteiger partial charge in [0.1, 0.15) is 11.6 Å². The molecule has 0 bridgehead atoms. The molecule has 0 N–H and O–H groups in total. The highest BCUT2D eigenvalue weighted by Gasteiger charge is 2.18. The van der Waals surface area contributed by atoms with Crippen molar-refractivity contribution >= 4 is 22.6 Å². The number of hydrogen-bond acceptors (Lipinski definition) is 4. The van der Waals surface area contributed by atoms with E-state index in [-0.39, 0.29) is 11.5 Å². The molecular formula is C22H24N4O2.